The summed E-state index contributed by atoms with van der Waals surface area (Å²) >= 11 is 5.86. The number of pyridine rings is 1. The van der Waals surface area contributed by atoms with Gasteiger partial charge in [0.1, 0.15) is 0 Å². The van der Waals surface area contributed by atoms with Crippen LogP contribution >= 0.6 is 12.2 Å². The van der Waals surface area contributed by atoms with Crippen LogP contribution in [0.5, 0.6) is 0 Å². The number of aryl methyl sites for hydroxylation is 4. The summed E-state index contributed by atoms with van der Waals surface area (Å²) < 4.78 is 2.35. The van der Waals surface area contributed by atoms with Crippen molar-refractivity contribution in [3.63, 3.8) is 0 Å². The van der Waals surface area contributed by atoms with Crippen molar-refractivity contribution < 1.29 is 4.79 Å². The summed E-state index contributed by atoms with van der Waals surface area (Å²) in [7, 11) is 0. The predicted molar refractivity (Wildman–Crippen MR) is 161 cm³/mol. The number of aromatic nitrogens is 2. The standard InChI is InChI=1S/C32H35N5OS/c1-20-12-14-25(15-13-20)34-28(38)16-18-36-31(29(35-32(36)39)27-11-6-7-17-33-27)26-19-23(4)37(24(26)5)30-21(2)9-8-10-22(30)3/h6-15,17,19,29,31H,16,18H2,1-5H3,(H,34,38)(H,35,39)/t29-,31+/m1/s1. The summed E-state index contributed by atoms with van der Waals surface area (Å²) in [6, 6.07) is 22.2. The average molecular weight is 538 g/mol. The molecule has 1 aliphatic heterocycles. The number of benzene rings is 2. The van der Waals surface area contributed by atoms with Gasteiger partial charge in [-0.1, -0.05) is 42.0 Å². The fraction of sp³-hybridized carbons (Fsp3) is 0.281. The van der Waals surface area contributed by atoms with Crippen LogP contribution in [0.2, 0.25) is 0 Å². The lowest BCUT2D eigenvalue weighted by molar-refractivity contribution is -0.116. The number of carbonyl (C=O) groups excluding carboxylic acids is 1. The van der Waals surface area contributed by atoms with E-state index in [1.54, 1.807) is 0 Å². The molecule has 4 aromatic rings. The number of hydrogen-bond acceptors (Lipinski definition) is 3. The molecule has 39 heavy (non-hydrogen) atoms. The molecule has 2 aromatic carbocycles. The molecule has 5 rings (SSSR count). The first-order valence-corrected chi connectivity index (χ1v) is 13.8. The van der Waals surface area contributed by atoms with Crippen molar-refractivity contribution in [2.24, 2.45) is 0 Å². The first kappa shape index (κ1) is 26.6. The third-order valence-electron chi connectivity index (χ3n) is 7.56. The molecule has 3 heterocycles. The van der Waals surface area contributed by atoms with Crippen molar-refractivity contribution in [2.75, 3.05) is 11.9 Å². The topological polar surface area (TPSA) is 62.2 Å². The maximum absolute atomic E-state index is 12.9. The molecule has 200 valence electrons. The van der Waals surface area contributed by atoms with Crippen LogP contribution in [0.1, 0.15) is 57.8 Å². The van der Waals surface area contributed by atoms with Crippen molar-refractivity contribution >= 4 is 28.9 Å². The maximum Gasteiger partial charge on any atom is 0.226 e. The molecule has 0 radical (unpaired) electrons. The van der Waals surface area contributed by atoms with E-state index >= 15 is 0 Å². The highest BCUT2D eigenvalue weighted by atomic mass is 32.1. The molecule has 2 aromatic heterocycles. The van der Waals surface area contributed by atoms with E-state index in [-0.39, 0.29) is 18.0 Å². The van der Waals surface area contributed by atoms with Crippen LogP contribution < -0.4 is 10.6 Å². The molecule has 1 fully saturated rings. The number of hydrogen-bond donors (Lipinski definition) is 2. The van der Waals surface area contributed by atoms with Gasteiger partial charge in [0.05, 0.1) is 23.5 Å². The van der Waals surface area contributed by atoms with Crippen molar-refractivity contribution in [1.82, 2.24) is 19.8 Å². The number of rotatable bonds is 7. The minimum atomic E-state index is -0.134. The normalized spacial score (nSPS) is 16.8. The van der Waals surface area contributed by atoms with Gasteiger partial charge in [0, 0.05) is 36.2 Å². The van der Waals surface area contributed by atoms with E-state index in [2.05, 4.69) is 77.0 Å². The van der Waals surface area contributed by atoms with Gasteiger partial charge in [-0.05, 0) is 93.9 Å². The molecule has 1 saturated heterocycles. The van der Waals surface area contributed by atoms with Crippen LogP contribution in [-0.4, -0.2) is 32.0 Å². The molecule has 0 unspecified atom stereocenters. The molecule has 0 aliphatic carbocycles. The Kier molecular flexibility index (Phi) is 7.53. The predicted octanol–water partition coefficient (Wildman–Crippen LogP) is 6.42. The molecule has 0 saturated carbocycles. The lowest BCUT2D eigenvalue weighted by atomic mass is 9.96. The van der Waals surface area contributed by atoms with E-state index in [4.69, 9.17) is 12.2 Å². The van der Waals surface area contributed by atoms with E-state index < -0.39 is 0 Å². The van der Waals surface area contributed by atoms with Crippen molar-refractivity contribution in [2.45, 2.75) is 53.1 Å². The second-order valence-corrected chi connectivity index (χ2v) is 10.8. The van der Waals surface area contributed by atoms with Crippen molar-refractivity contribution in [3.05, 3.63) is 112 Å². The maximum atomic E-state index is 12.9. The lowest BCUT2D eigenvalue weighted by Crippen LogP contribution is -2.32. The second-order valence-electron chi connectivity index (χ2n) is 10.4. The quantitative estimate of drug-likeness (QED) is 0.267. The van der Waals surface area contributed by atoms with Gasteiger partial charge < -0.3 is 20.1 Å². The Labute approximate surface area is 236 Å². The first-order chi connectivity index (χ1) is 18.7. The molecule has 2 N–H and O–H groups in total. The summed E-state index contributed by atoms with van der Waals surface area (Å²) in [5, 5.41) is 7.17. The van der Waals surface area contributed by atoms with Crippen LogP contribution in [0.25, 0.3) is 5.69 Å². The first-order valence-electron chi connectivity index (χ1n) is 13.3. The Morgan fingerprint density at radius 1 is 0.974 bits per heavy atom. The Hall–Kier alpha value is -3.97. The zero-order chi connectivity index (χ0) is 27.7. The van der Waals surface area contributed by atoms with Crippen molar-refractivity contribution in [1.29, 1.82) is 0 Å². The van der Waals surface area contributed by atoms with E-state index in [1.807, 2.05) is 55.6 Å². The zero-order valence-corrected chi connectivity index (χ0v) is 24.0. The number of nitrogens with zero attached hydrogens (tertiary/aromatic N) is 3. The number of nitrogens with one attached hydrogen (secondary N) is 2. The summed E-state index contributed by atoms with van der Waals surface area (Å²) in [4.78, 5) is 19.7. The van der Waals surface area contributed by atoms with E-state index in [0.717, 1.165) is 28.3 Å². The molecule has 0 spiro atoms. The average Bonchev–Trinajstić information content (AvgIpc) is 3.39. The highest BCUT2D eigenvalue weighted by Gasteiger charge is 2.41. The SMILES string of the molecule is Cc1ccc(NC(=O)CCN2C(=S)N[C@H](c3ccccn3)[C@@H]2c2cc(C)n(-c3c(C)cccc3C)c2C)cc1. The molecule has 7 heteroatoms. The second kappa shape index (κ2) is 11.0. The number of carbonyl (C=O) groups is 1. The molecule has 1 aliphatic rings. The number of para-hydroxylation sites is 1. The number of thiocarbonyl (C=S) groups is 1. The monoisotopic (exact) mass is 537 g/mol. The van der Waals surface area contributed by atoms with Gasteiger partial charge in [-0.3, -0.25) is 9.78 Å². The third kappa shape index (κ3) is 5.32. The minimum absolute atomic E-state index is 0.0392. The summed E-state index contributed by atoms with van der Waals surface area (Å²) in [6.45, 7) is 11.2. The van der Waals surface area contributed by atoms with Gasteiger partial charge in [-0.2, -0.15) is 0 Å². The van der Waals surface area contributed by atoms with Gasteiger partial charge in [-0.15, -0.1) is 0 Å². The van der Waals surface area contributed by atoms with Crippen LogP contribution in [0.4, 0.5) is 5.69 Å². The fourth-order valence-corrected chi connectivity index (χ4v) is 5.99. The highest BCUT2D eigenvalue weighted by molar-refractivity contribution is 7.80. The van der Waals surface area contributed by atoms with E-state index in [0.29, 0.717) is 18.1 Å². The Balaban J connectivity index is 1.49. The largest absolute Gasteiger partial charge is 0.352 e. The van der Waals surface area contributed by atoms with Gasteiger partial charge in [0.25, 0.3) is 0 Å². The van der Waals surface area contributed by atoms with E-state index in [9.17, 15) is 4.79 Å². The van der Waals surface area contributed by atoms with Gasteiger partial charge in [0.2, 0.25) is 5.91 Å². The fourth-order valence-electron chi connectivity index (χ4n) is 5.66. The van der Waals surface area contributed by atoms with Crippen LogP contribution in [-0.2, 0) is 4.79 Å². The Morgan fingerprint density at radius 2 is 1.69 bits per heavy atom. The molecule has 6 nitrogen and oxygen atoms in total. The molecule has 0 bridgehead atoms. The minimum Gasteiger partial charge on any atom is -0.352 e. The summed E-state index contributed by atoms with van der Waals surface area (Å²) in [6.07, 6.45) is 2.13. The van der Waals surface area contributed by atoms with Gasteiger partial charge in [-0.25, -0.2) is 0 Å². The third-order valence-corrected chi connectivity index (χ3v) is 7.92. The molecule has 1 amide bonds. The van der Waals surface area contributed by atoms with Crippen molar-refractivity contribution in [3.8, 4) is 5.69 Å². The Morgan fingerprint density at radius 3 is 2.36 bits per heavy atom. The van der Waals surface area contributed by atoms with Gasteiger partial charge in [0.15, 0.2) is 5.11 Å². The van der Waals surface area contributed by atoms with Crippen LogP contribution in [0, 0.1) is 34.6 Å². The van der Waals surface area contributed by atoms with E-state index in [1.165, 1.54) is 22.4 Å². The van der Waals surface area contributed by atoms with Crippen LogP contribution in [0.15, 0.2) is 72.9 Å². The molecular weight excluding hydrogens is 502 g/mol. The molecular formula is C32H35N5OS. The highest BCUT2D eigenvalue weighted by Crippen LogP contribution is 2.42. The number of anilines is 1. The Bertz CT molecular complexity index is 1490. The summed E-state index contributed by atoms with van der Waals surface area (Å²) in [5.74, 6) is -0.0392. The number of amides is 1. The lowest BCUT2D eigenvalue weighted by Gasteiger charge is -2.28. The smallest absolute Gasteiger partial charge is 0.226 e. The van der Waals surface area contributed by atoms with Crippen LogP contribution in [0.3, 0.4) is 0 Å². The zero-order valence-electron chi connectivity index (χ0n) is 23.2. The van der Waals surface area contributed by atoms with Gasteiger partial charge >= 0.3 is 0 Å². The molecule has 2 atom stereocenters. The summed E-state index contributed by atoms with van der Waals surface area (Å²) in [5.41, 5.74) is 10.1.